The molecule has 4 rings (SSSR count). The summed E-state index contributed by atoms with van der Waals surface area (Å²) in [5.74, 6) is 0.339. The smallest absolute Gasteiger partial charge is 0.340 e. The van der Waals surface area contributed by atoms with Gasteiger partial charge in [-0.3, -0.25) is 4.79 Å². The first-order valence-electron chi connectivity index (χ1n) is 11.2. The van der Waals surface area contributed by atoms with E-state index in [0.717, 1.165) is 37.0 Å². The number of para-hydroxylation sites is 2. The number of benzene rings is 2. The van der Waals surface area contributed by atoms with Gasteiger partial charge in [0.25, 0.3) is 0 Å². The van der Waals surface area contributed by atoms with Crippen molar-refractivity contribution >= 4 is 40.8 Å². The largest absolute Gasteiger partial charge is 0.462 e. The summed E-state index contributed by atoms with van der Waals surface area (Å²) < 4.78 is 5.06. The minimum atomic E-state index is -0.459. The molecule has 1 aromatic heterocycles. The van der Waals surface area contributed by atoms with Gasteiger partial charge < -0.3 is 19.9 Å². The number of esters is 1. The van der Waals surface area contributed by atoms with Gasteiger partial charge in [0.2, 0.25) is 5.91 Å². The average Bonchev–Trinajstić information content (AvgIpc) is 2.89. The Morgan fingerprint density at radius 2 is 1.68 bits per heavy atom. The molecule has 0 bridgehead atoms. The van der Waals surface area contributed by atoms with Crippen molar-refractivity contribution in [3.63, 3.8) is 0 Å². The van der Waals surface area contributed by atoms with Crippen molar-refractivity contribution in [3.05, 3.63) is 72.6 Å². The van der Waals surface area contributed by atoms with Crippen LogP contribution in [0, 0.1) is 0 Å². The first-order chi connectivity index (χ1) is 16.6. The fraction of sp³-hybridized carbons (Fsp3) is 0.280. The van der Waals surface area contributed by atoms with Crippen molar-refractivity contribution in [2.24, 2.45) is 0 Å². The molecule has 0 atom stereocenters. The molecule has 0 radical (unpaired) electrons. The molecule has 0 unspecified atom stereocenters. The van der Waals surface area contributed by atoms with Crippen molar-refractivity contribution in [1.29, 1.82) is 0 Å². The molecule has 1 fully saturated rings. The minimum absolute atomic E-state index is 0.162. The summed E-state index contributed by atoms with van der Waals surface area (Å²) in [7, 11) is 0. The maximum Gasteiger partial charge on any atom is 0.340 e. The minimum Gasteiger partial charge on any atom is -0.462 e. The summed E-state index contributed by atoms with van der Waals surface area (Å²) in [5.41, 5.74) is 2.00. The van der Waals surface area contributed by atoms with Crippen molar-refractivity contribution in [2.75, 3.05) is 53.7 Å². The van der Waals surface area contributed by atoms with Crippen LogP contribution in [0.25, 0.3) is 0 Å². The maximum absolute atomic E-state index is 12.5. The third kappa shape index (κ3) is 6.05. The number of anilines is 3. The van der Waals surface area contributed by atoms with Gasteiger partial charge in [0.05, 0.1) is 23.6 Å². The van der Waals surface area contributed by atoms with Crippen LogP contribution >= 0.6 is 11.8 Å². The second-order valence-corrected chi connectivity index (χ2v) is 8.62. The number of hydrogen-bond donors (Lipinski definition) is 1. The van der Waals surface area contributed by atoms with Gasteiger partial charge >= 0.3 is 5.97 Å². The highest BCUT2D eigenvalue weighted by Crippen LogP contribution is 2.23. The van der Waals surface area contributed by atoms with Gasteiger partial charge in [-0.15, -0.1) is 0 Å². The molecule has 8 nitrogen and oxygen atoms in total. The molecular formula is C25H27N5O3S. The zero-order valence-corrected chi connectivity index (χ0v) is 19.8. The Labute approximate surface area is 203 Å². The van der Waals surface area contributed by atoms with Crippen LogP contribution < -0.4 is 15.1 Å². The Bertz CT molecular complexity index is 1120. The number of carbonyl (C=O) groups excluding carboxylic acids is 2. The molecule has 0 aliphatic carbocycles. The van der Waals surface area contributed by atoms with Crippen LogP contribution in [0.15, 0.2) is 72.0 Å². The van der Waals surface area contributed by atoms with E-state index in [1.807, 2.05) is 12.1 Å². The number of nitrogens with one attached hydrogen (secondary N) is 1. The number of rotatable bonds is 8. The topological polar surface area (TPSA) is 87.7 Å². The highest BCUT2D eigenvalue weighted by Gasteiger charge is 2.19. The van der Waals surface area contributed by atoms with E-state index in [4.69, 9.17) is 4.74 Å². The molecule has 1 amide bonds. The molecule has 3 aromatic rings. The maximum atomic E-state index is 12.5. The summed E-state index contributed by atoms with van der Waals surface area (Å²) in [6.45, 7) is 5.57. The van der Waals surface area contributed by atoms with Crippen molar-refractivity contribution in [1.82, 2.24) is 9.97 Å². The fourth-order valence-corrected chi connectivity index (χ4v) is 4.38. The Hall–Kier alpha value is -3.59. The van der Waals surface area contributed by atoms with E-state index in [9.17, 15) is 9.59 Å². The Kier molecular flexibility index (Phi) is 7.98. The van der Waals surface area contributed by atoms with Crippen LogP contribution in [0.5, 0.6) is 0 Å². The van der Waals surface area contributed by atoms with Crippen LogP contribution in [0.4, 0.5) is 17.2 Å². The number of nitrogens with zero attached hydrogens (tertiary/aromatic N) is 4. The number of aromatic nitrogens is 2. The molecule has 9 heteroatoms. The van der Waals surface area contributed by atoms with Crippen LogP contribution in [-0.2, 0) is 9.53 Å². The number of piperazine rings is 1. The number of hydrogen-bond acceptors (Lipinski definition) is 8. The van der Waals surface area contributed by atoms with Gasteiger partial charge in [0.1, 0.15) is 17.2 Å². The van der Waals surface area contributed by atoms with E-state index in [2.05, 4.69) is 49.4 Å². The Morgan fingerprint density at radius 3 is 2.44 bits per heavy atom. The van der Waals surface area contributed by atoms with Crippen LogP contribution in [-0.4, -0.2) is 60.4 Å². The number of ether oxygens (including phenoxy) is 1. The summed E-state index contributed by atoms with van der Waals surface area (Å²) >= 11 is 1.33. The molecule has 2 heterocycles. The van der Waals surface area contributed by atoms with Crippen molar-refractivity contribution < 1.29 is 14.3 Å². The van der Waals surface area contributed by atoms with E-state index in [1.165, 1.54) is 23.8 Å². The van der Waals surface area contributed by atoms with Crippen LogP contribution in [0.1, 0.15) is 17.3 Å². The summed E-state index contributed by atoms with van der Waals surface area (Å²) in [4.78, 5) is 38.0. The van der Waals surface area contributed by atoms with E-state index in [-0.39, 0.29) is 18.3 Å². The van der Waals surface area contributed by atoms with Gasteiger partial charge in [0.15, 0.2) is 0 Å². The van der Waals surface area contributed by atoms with Crippen LogP contribution in [0.2, 0.25) is 0 Å². The number of thioether (sulfide) groups is 1. The second-order valence-electron chi connectivity index (χ2n) is 7.63. The lowest BCUT2D eigenvalue weighted by atomic mass is 10.2. The molecule has 176 valence electrons. The normalized spacial score (nSPS) is 13.4. The predicted octanol–water partition coefficient (Wildman–Crippen LogP) is 3.71. The second kappa shape index (κ2) is 11.5. The zero-order chi connectivity index (χ0) is 23.8. The molecule has 0 saturated carbocycles. The van der Waals surface area contributed by atoms with E-state index in [0.29, 0.717) is 11.3 Å². The van der Waals surface area contributed by atoms with E-state index < -0.39 is 5.97 Å². The fourth-order valence-electron chi connectivity index (χ4n) is 3.72. The molecule has 1 saturated heterocycles. The molecule has 34 heavy (non-hydrogen) atoms. The summed E-state index contributed by atoms with van der Waals surface area (Å²) in [5, 5.41) is 3.52. The molecule has 0 spiro atoms. The quantitative estimate of drug-likeness (QED) is 0.298. The molecule has 2 aromatic carbocycles. The number of carbonyl (C=O) groups is 2. The van der Waals surface area contributed by atoms with Gasteiger partial charge in [-0.2, -0.15) is 0 Å². The van der Waals surface area contributed by atoms with Gasteiger partial charge in [-0.05, 0) is 31.2 Å². The Balaban J connectivity index is 1.31. The number of amides is 1. The lowest BCUT2D eigenvalue weighted by Gasteiger charge is -2.36. The van der Waals surface area contributed by atoms with E-state index >= 15 is 0 Å². The summed E-state index contributed by atoms with van der Waals surface area (Å²) in [6.07, 6.45) is 1.54. The van der Waals surface area contributed by atoms with Gasteiger partial charge in [0, 0.05) is 37.9 Å². The average molecular weight is 478 g/mol. The Morgan fingerprint density at radius 1 is 0.971 bits per heavy atom. The predicted molar refractivity (Wildman–Crippen MR) is 135 cm³/mol. The first kappa shape index (κ1) is 23.6. The monoisotopic (exact) mass is 477 g/mol. The van der Waals surface area contributed by atoms with Gasteiger partial charge in [-0.1, -0.05) is 42.1 Å². The molecule has 1 N–H and O–H groups in total. The standard InChI is InChI=1S/C25H27N5O3S/c1-2-33-25(32)20-10-6-7-11-21(20)28-23(31)17-34-24-16-22(26-18-27-24)30-14-12-29(13-15-30)19-8-4-3-5-9-19/h3-11,16,18H,2,12-15,17H2,1H3,(H,28,31). The molecule has 1 aliphatic rings. The SMILES string of the molecule is CCOC(=O)c1ccccc1NC(=O)CSc1cc(N2CCN(c3ccccc3)CC2)ncn1. The lowest BCUT2D eigenvalue weighted by Crippen LogP contribution is -2.46. The lowest BCUT2D eigenvalue weighted by molar-refractivity contribution is -0.113. The highest BCUT2D eigenvalue weighted by atomic mass is 32.2. The first-order valence-corrected chi connectivity index (χ1v) is 12.2. The third-order valence-corrected chi connectivity index (χ3v) is 6.33. The molecular weight excluding hydrogens is 450 g/mol. The zero-order valence-electron chi connectivity index (χ0n) is 19.0. The highest BCUT2D eigenvalue weighted by molar-refractivity contribution is 7.99. The van der Waals surface area contributed by atoms with Crippen molar-refractivity contribution in [2.45, 2.75) is 11.9 Å². The summed E-state index contributed by atoms with van der Waals surface area (Å²) in [6, 6.07) is 19.1. The van der Waals surface area contributed by atoms with E-state index in [1.54, 1.807) is 31.2 Å². The third-order valence-electron chi connectivity index (χ3n) is 5.40. The van der Waals surface area contributed by atoms with Crippen molar-refractivity contribution in [3.8, 4) is 0 Å². The van der Waals surface area contributed by atoms with Gasteiger partial charge in [-0.25, -0.2) is 14.8 Å². The molecule has 1 aliphatic heterocycles. The van der Waals surface area contributed by atoms with Crippen LogP contribution in [0.3, 0.4) is 0 Å².